The molecule has 0 aromatic heterocycles. The Morgan fingerprint density at radius 1 is 1.06 bits per heavy atom. The normalized spacial score (nSPS) is 10.7. The number of hydrogen-bond acceptors (Lipinski definition) is 1. The van der Waals surface area contributed by atoms with Gasteiger partial charge in [-0.2, -0.15) is 0 Å². The van der Waals surface area contributed by atoms with E-state index >= 15 is 0 Å². The molecule has 0 atom stereocenters. The summed E-state index contributed by atoms with van der Waals surface area (Å²) in [4.78, 5) is 2.54. The number of rotatable bonds is 8. The quantitative estimate of drug-likeness (QED) is 0.522. The van der Waals surface area contributed by atoms with E-state index in [2.05, 4.69) is 68.8 Å². The maximum Gasteiger partial charge on any atom is 0.0408 e. The summed E-state index contributed by atoms with van der Waals surface area (Å²) in [6.07, 6.45) is 5.04. The molecule has 1 nitrogen and oxygen atoms in total. The van der Waals surface area contributed by atoms with Crippen molar-refractivity contribution < 1.29 is 0 Å². The molecule has 0 unspecified atom stereocenters. The molecule has 1 rings (SSSR count). The van der Waals surface area contributed by atoms with Crippen LogP contribution in [0.1, 0.15) is 45.1 Å². The van der Waals surface area contributed by atoms with E-state index in [0.717, 1.165) is 22.9 Å². The molecular formula is C15H23Br2N. The second kappa shape index (κ2) is 8.98. The molecule has 0 fully saturated rings. The number of nitrogens with zero attached hydrogens (tertiary/aromatic N) is 1. The fourth-order valence-corrected chi connectivity index (χ4v) is 2.88. The van der Waals surface area contributed by atoms with E-state index in [9.17, 15) is 0 Å². The molecule has 1 aromatic carbocycles. The number of halogens is 2. The fraction of sp³-hybridized carbons (Fsp3) is 0.600. The first-order chi connectivity index (χ1) is 8.72. The number of hydrogen-bond donors (Lipinski definition) is 0. The van der Waals surface area contributed by atoms with E-state index in [1.807, 2.05) is 0 Å². The molecule has 0 N–H and O–H groups in total. The van der Waals surface area contributed by atoms with Crippen LogP contribution < -0.4 is 4.90 Å². The van der Waals surface area contributed by atoms with Gasteiger partial charge in [0, 0.05) is 28.6 Å². The third-order valence-electron chi connectivity index (χ3n) is 3.09. The lowest BCUT2D eigenvalue weighted by Gasteiger charge is -2.27. The Labute approximate surface area is 128 Å². The van der Waals surface area contributed by atoms with Crippen LogP contribution in [0.4, 0.5) is 5.69 Å². The van der Waals surface area contributed by atoms with Gasteiger partial charge in [-0.15, -0.1) is 0 Å². The molecule has 0 spiro atoms. The van der Waals surface area contributed by atoms with Gasteiger partial charge < -0.3 is 4.90 Å². The third-order valence-corrected chi connectivity index (χ3v) is 4.19. The first kappa shape index (κ1) is 16.0. The second-order valence-corrected chi connectivity index (χ2v) is 6.08. The zero-order valence-electron chi connectivity index (χ0n) is 11.4. The van der Waals surface area contributed by atoms with E-state index in [1.165, 1.54) is 36.9 Å². The Bertz CT molecular complexity index is 344. The molecule has 0 radical (unpaired) electrons. The molecule has 0 bridgehead atoms. The van der Waals surface area contributed by atoms with Crippen molar-refractivity contribution in [2.45, 2.75) is 44.9 Å². The van der Waals surface area contributed by atoms with Crippen molar-refractivity contribution in [2.24, 2.45) is 0 Å². The predicted octanol–water partition coefficient (Wildman–Crippen LogP) is 5.75. The molecule has 0 heterocycles. The van der Waals surface area contributed by atoms with Gasteiger partial charge in [0.15, 0.2) is 0 Å². The summed E-state index contributed by atoms with van der Waals surface area (Å²) in [6.45, 7) is 6.84. The Balaban J connectivity index is 2.88. The second-order valence-electron chi connectivity index (χ2n) is 4.60. The van der Waals surface area contributed by atoms with Crippen molar-refractivity contribution in [3.63, 3.8) is 0 Å². The van der Waals surface area contributed by atoms with Crippen LogP contribution in [0.5, 0.6) is 0 Å². The molecule has 0 aliphatic rings. The lowest BCUT2D eigenvalue weighted by molar-refractivity contribution is 0.676. The molecule has 0 amide bonds. The minimum atomic E-state index is 0.913. The SMILES string of the molecule is CCCCN(CCCC)c1ccc(Br)cc1CBr. The van der Waals surface area contributed by atoms with Crippen LogP contribution in [-0.4, -0.2) is 13.1 Å². The minimum absolute atomic E-state index is 0.913. The highest BCUT2D eigenvalue weighted by molar-refractivity contribution is 9.10. The average Bonchev–Trinajstić information content (AvgIpc) is 2.39. The first-order valence-electron chi connectivity index (χ1n) is 6.82. The Hall–Kier alpha value is -0.0200. The summed E-state index contributed by atoms with van der Waals surface area (Å²) < 4.78 is 1.16. The average molecular weight is 377 g/mol. The van der Waals surface area contributed by atoms with Gasteiger partial charge in [-0.3, -0.25) is 0 Å². The summed E-state index contributed by atoms with van der Waals surface area (Å²) in [5.74, 6) is 0. The zero-order valence-corrected chi connectivity index (χ0v) is 14.6. The van der Waals surface area contributed by atoms with E-state index in [-0.39, 0.29) is 0 Å². The van der Waals surface area contributed by atoms with E-state index in [4.69, 9.17) is 0 Å². The summed E-state index contributed by atoms with van der Waals surface area (Å²) in [7, 11) is 0. The van der Waals surface area contributed by atoms with Gasteiger partial charge in [0.1, 0.15) is 0 Å². The molecule has 3 heteroatoms. The van der Waals surface area contributed by atoms with Crippen molar-refractivity contribution in [1.82, 2.24) is 0 Å². The van der Waals surface area contributed by atoms with Gasteiger partial charge in [0.2, 0.25) is 0 Å². The third kappa shape index (κ3) is 4.93. The van der Waals surface area contributed by atoms with Crippen molar-refractivity contribution >= 4 is 37.5 Å². The van der Waals surface area contributed by atoms with Crippen LogP contribution in [0.3, 0.4) is 0 Å². The van der Waals surface area contributed by atoms with Gasteiger partial charge in [-0.1, -0.05) is 58.5 Å². The standard InChI is InChI=1S/C15H23Br2N/c1-3-5-9-18(10-6-4-2)15-8-7-14(17)11-13(15)12-16/h7-8,11H,3-6,9-10,12H2,1-2H3. The van der Waals surface area contributed by atoms with E-state index in [1.54, 1.807) is 0 Å². The number of alkyl halides is 1. The summed E-state index contributed by atoms with van der Waals surface area (Å²) >= 11 is 7.15. The number of unbranched alkanes of at least 4 members (excludes halogenated alkanes) is 2. The molecule has 0 saturated heterocycles. The highest BCUT2D eigenvalue weighted by Crippen LogP contribution is 2.27. The van der Waals surface area contributed by atoms with Gasteiger partial charge in [-0.05, 0) is 36.6 Å². The lowest BCUT2D eigenvalue weighted by atomic mass is 10.1. The summed E-state index contributed by atoms with van der Waals surface area (Å²) in [5, 5.41) is 0.913. The van der Waals surface area contributed by atoms with Crippen molar-refractivity contribution in [2.75, 3.05) is 18.0 Å². The molecule has 0 aliphatic carbocycles. The zero-order chi connectivity index (χ0) is 13.4. The van der Waals surface area contributed by atoms with Gasteiger partial charge in [-0.25, -0.2) is 0 Å². The monoisotopic (exact) mass is 375 g/mol. The molecule has 0 aliphatic heterocycles. The van der Waals surface area contributed by atoms with Gasteiger partial charge in [0.05, 0.1) is 0 Å². The van der Waals surface area contributed by atoms with Crippen LogP contribution in [0, 0.1) is 0 Å². The topological polar surface area (TPSA) is 3.24 Å². The molecule has 102 valence electrons. The van der Waals surface area contributed by atoms with Crippen LogP contribution in [-0.2, 0) is 5.33 Å². The largest absolute Gasteiger partial charge is 0.371 e. The Morgan fingerprint density at radius 3 is 2.17 bits per heavy atom. The smallest absolute Gasteiger partial charge is 0.0408 e. The van der Waals surface area contributed by atoms with Crippen molar-refractivity contribution in [3.05, 3.63) is 28.2 Å². The maximum atomic E-state index is 3.60. The van der Waals surface area contributed by atoms with Gasteiger partial charge >= 0.3 is 0 Å². The highest BCUT2D eigenvalue weighted by Gasteiger charge is 2.10. The van der Waals surface area contributed by atoms with Crippen LogP contribution in [0.2, 0.25) is 0 Å². The number of anilines is 1. The van der Waals surface area contributed by atoms with E-state index < -0.39 is 0 Å². The lowest BCUT2D eigenvalue weighted by Crippen LogP contribution is -2.26. The van der Waals surface area contributed by atoms with Crippen LogP contribution in [0.25, 0.3) is 0 Å². The van der Waals surface area contributed by atoms with Crippen molar-refractivity contribution in [1.29, 1.82) is 0 Å². The minimum Gasteiger partial charge on any atom is -0.371 e. The molecular weight excluding hydrogens is 354 g/mol. The highest BCUT2D eigenvalue weighted by atomic mass is 79.9. The van der Waals surface area contributed by atoms with E-state index in [0.29, 0.717) is 0 Å². The molecule has 0 saturated carbocycles. The molecule has 1 aromatic rings. The van der Waals surface area contributed by atoms with Gasteiger partial charge in [0.25, 0.3) is 0 Å². The fourth-order valence-electron chi connectivity index (χ4n) is 2.02. The van der Waals surface area contributed by atoms with Crippen molar-refractivity contribution in [3.8, 4) is 0 Å². The molecule has 18 heavy (non-hydrogen) atoms. The maximum absolute atomic E-state index is 3.60. The Morgan fingerprint density at radius 2 is 1.67 bits per heavy atom. The van der Waals surface area contributed by atoms with Crippen LogP contribution >= 0.6 is 31.9 Å². The summed E-state index contributed by atoms with van der Waals surface area (Å²) in [5.41, 5.74) is 2.76. The first-order valence-corrected chi connectivity index (χ1v) is 8.73. The van der Waals surface area contributed by atoms with Crippen LogP contribution in [0.15, 0.2) is 22.7 Å². The number of benzene rings is 1. The Kier molecular flexibility index (Phi) is 8.00. The summed E-state index contributed by atoms with van der Waals surface area (Å²) in [6, 6.07) is 6.60. The predicted molar refractivity (Wildman–Crippen MR) is 88.8 cm³/mol.